The summed E-state index contributed by atoms with van der Waals surface area (Å²) in [6.07, 6.45) is 2.05. The first-order chi connectivity index (χ1) is 9.40. The predicted octanol–water partition coefficient (Wildman–Crippen LogP) is 2.14. The summed E-state index contributed by atoms with van der Waals surface area (Å²) in [4.78, 5) is 0.0570. The van der Waals surface area contributed by atoms with E-state index in [4.69, 9.17) is 5.73 Å². The zero-order valence-electron chi connectivity index (χ0n) is 11.4. The molecule has 1 saturated heterocycles. The fourth-order valence-electron chi connectivity index (χ4n) is 2.21. The molecular formula is C13H19FN2O2S2. The van der Waals surface area contributed by atoms with Gasteiger partial charge in [-0.3, -0.25) is 0 Å². The van der Waals surface area contributed by atoms with Crippen molar-refractivity contribution >= 4 is 27.5 Å². The number of nitrogens with two attached hydrogens (primary N) is 1. The fraction of sp³-hybridized carbons (Fsp3) is 0.538. The quantitative estimate of drug-likeness (QED) is 0.834. The van der Waals surface area contributed by atoms with Crippen molar-refractivity contribution in [3.63, 3.8) is 0 Å². The Hall–Kier alpha value is -0.790. The van der Waals surface area contributed by atoms with E-state index >= 15 is 0 Å². The van der Waals surface area contributed by atoms with E-state index in [-0.39, 0.29) is 10.6 Å². The maximum absolute atomic E-state index is 13.3. The van der Waals surface area contributed by atoms with Gasteiger partial charge in [-0.05, 0) is 54.9 Å². The van der Waals surface area contributed by atoms with Crippen molar-refractivity contribution in [2.24, 2.45) is 5.92 Å². The zero-order valence-corrected chi connectivity index (χ0v) is 13.0. The summed E-state index contributed by atoms with van der Waals surface area (Å²) in [5.74, 6) is 1.94. The van der Waals surface area contributed by atoms with Crippen LogP contribution in [0.1, 0.15) is 18.4 Å². The minimum atomic E-state index is -3.63. The molecule has 112 valence electrons. The summed E-state index contributed by atoms with van der Waals surface area (Å²) in [5.41, 5.74) is 5.67. The van der Waals surface area contributed by atoms with E-state index < -0.39 is 15.8 Å². The van der Waals surface area contributed by atoms with Crippen LogP contribution in [0, 0.1) is 18.7 Å². The van der Waals surface area contributed by atoms with E-state index in [0.29, 0.717) is 18.0 Å². The van der Waals surface area contributed by atoms with Crippen LogP contribution in [0.25, 0.3) is 0 Å². The van der Waals surface area contributed by atoms with Gasteiger partial charge in [0.05, 0.1) is 10.6 Å². The molecule has 4 nitrogen and oxygen atoms in total. The molecular weight excluding hydrogens is 299 g/mol. The molecule has 0 atom stereocenters. The number of thioether (sulfide) groups is 1. The van der Waals surface area contributed by atoms with Gasteiger partial charge in [-0.2, -0.15) is 11.8 Å². The molecule has 0 amide bonds. The number of nitrogen functional groups attached to an aromatic ring is 1. The van der Waals surface area contributed by atoms with Crippen LogP contribution < -0.4 is 10.5 Å². The number of rotatable bonds is 4. The Morgan fingerprint density at radius 3 is 2.70 bits per heavy atom. The first kappa shape index (κ1) is 15.6. The fourth-order valence-corrected chi connectivity index (χ4v) is 4.79. The SMILES string of the molecule is Cc1cc(F)c(N)cc1S(=O)(=O)NCC1CCSCC1. The third-order valence-electron chi connectivity index (χ3n) is 3.49. The Balaban J connectivity index is 2.11. The summed E-state index contributed by atoms with van der Waals surface area (Å²) in [6, 6.07) is 2.34. The molecule has 1 fully saturated rings. The maximum Gasteiger partial charge on any atom is 0.240 e. The lowest BCUT2D eigenvalue weighted by Crippen LogP contribution is -2.31. The smallest absolute Gasteiger partial charge is 0.240 e. The van der Waals surface area contributed by atoms with E-state index in [0.717, 1.165) is 30.4 Å². The average molecular weight is 318 g/mol. The molecule has 1 aromatic rings. The number of nitrogens with one attached hydrogen (secondary N) is 1. The third kappa shape index (κ3) is 3.65. The summed E-state index contributed by atoms with van der Waals surface area (Å²) >= 11 is 1.90. The van der Waals surface area contributed by atoms with Gasteiger partial charge in [0.2, 0.25) is 10.0 Å². The largest absolute Gasteiger partial charge is 0.396 e. The van der Waals surface area contributed by atoms with Crippen LogP contribution in [0.3, 0.4) is 0 Å². The van der Waals surface area contributed by atoms with Crippen molar-refractivity contribution < 1.29 is 12.8 Å². The molecule has 2 rings (SSSR count). The van der Waals surface area contributed by atoms with Crippen LogP contribution in [0.15, 0.2) is 17.0 Å². The van der Waals surface area contributed by atoms with Crippen LogP contribution in [-0.4, -0.2) is 26.5 Å². The zero-order chi connectivity index (χ0) is 14.8. The molecule has 0 aromatic heterocycles. The van der Waals surface area contributed by atoms with Crippen LogP contribution in [-0.2, 0) is 10.0 Å². The normalized spacial score (nSPS) is 17.3. The van der Waals surface area contributed by atoms with Crippen molar-refractivity contribution in [3.8, 4) is 0 Å². The van der Waals surface area contributed by atoms with Gasteiger partial charge in [-0.15, -0.1) is 0 Å². The van der Waals surface area contributed by atoms with Gasteiger partial charge >= 0.3 is 0 Å². The number of sulfonamides is 1. The molecule has 7 heteroatoms. The molecule has 0 bridgehead atoms. The Bertz CT molecular complexity index is 584. The minimum absolute atomic E-state index is 0.0570. The van der Waals surface area contributed by atoms with Crippen LogP contribution >= 0.6 is 11.8 Å². The van der Waals surface area contributed by atoms with Crippen molar-refractivity contribution in [2.75, 3.05) is 23.8 Å². The van der Waals surface area contributed by atoms with E-state index in [1.807, 2.05) is 11.8 Å². The van der Waals surface area contributed by atoms with Gasteiger partial charge in [-0.1, -0.05) is 0 Å². The third-order valence-corrected chi connectivity index (χ3v) is 6.10. The first-order valence-corrected chi connectivity index (χ1v) is 9.17. The summed E-state index contributed by atoms with van der Waals surface area (Å²) < 4.78 is 40.4. The summed E-state index contributed by atoms with van der Waals surface area (Å²) in [6.45, 7) is 1.99. The van der Waals surface area contributed by atoms with Gasteiger partial charge in [-0.25, -0.2) is 17.5 Å². The minimum Gasteiger partial charge on any atom is -0.396 e. The Morgan fingerprint density at radius 1 is 1.40 bits per heavy atom. The van der Waals surface area contributed by atoms with Gasteiger partial charge in [0, 0.05) is 6.54 Å². The number of aryl methyl sites for hydroxylation is 1. The number of hydrogen-bond donors (Lipinski definition) is 2. The topological polar surface area (TPSA) is 72.2 Å². The summed E-state index contributed by atoms with van der Waals surface area (Å²) in [7, 11) is -3.63. The highest BCUT2D eigenvalue weighted by atomic mass is 32.2. The van der Waals surface area contributed by atoms with Crippen molar-refractivity contribution in [1.82, 2.24) is 4.72 Å². The molecule has 1 heterocycles. The molecule has 1 aliphatic rings. The highest BCUT2D eigenvalue weighted by Crippen LogP contribution is 2.24. The molecule has 20 heavy (non-hydrogen) atoms. The van der Waals surface area contributed by atoms with E-state index in [9.17, 15) is 12.8 Å². The Labute approximate surface area is 123 Å². The van der Waals surface area contributed by atoms with Crippen LogP contribution in [0.4, 0.5) is 10.1 Å². The second kappa shape index (κ2) is 6.32. The van der Waals surface area contributed by atoms with Crippen molar-refractivity contribution in [2.45, 2.75) is 24.7 Å². The average Bonchev–Trinajstić information content (AvgIpc) is 2.42. The molecule has 3 N–H and O–H groups in total. The number of benzene rings is 1. The maximum atomic E-state index is 13.3. The van der Waals surface area contributed by atoms with Crippen LogP contribution in [0.5, 0.6) is 0 Å². The molecule has 0 unspecified atom stereocenters. The van der Waals surface area contributed by atoms with Gasteiger partial charge in [0.25, 0.3) is 0 Å². The predicted molar refractivity (Wildman–Crippen MR) is 80.8 cm³/mol. The first-order valence-electron chi connectivity index (χ1n) is 6.53. The van der Waals surface area contributed by atoms with E-state index in [1.165, 1.54) is 6.07 Å². The Morgan fingerprint density at radius 2 is 2.05 bits per heavy atom. The molecule has 0 saturated carbocycles. The van der Waals surface area contributed by atoms with E-state index in [2.05, 4.69) is 4.72 Å². The monoisotopic (exact) mass is 318 g/mol. The second-order valence-corrected chi connectivity index (χ2v) is 8.01. The molecule has 0 radical (unpaired) electrons. The van der Waals surface area contributed by atoms with E-state index in [1.54, 1.807) is 6.92 Å². The lowest BCUT2D eigenvalue weighted by atomic mass is 10.0. The van der Waals surface area contributed by atoms with Gasteiger partial charge in [0.15, 0.2) is 0 Å². The highest BCUT2D eigenvalue weighted by Gasteiger charge is 2.21. The molecule has 1 aliphatic heterocycles. The second-order valence-electron chi connectivity index (χ2n) is 5.05. The highest BCUT2D eigenvalue weighted by molar-refractivity contribution is 7.99. The van der Waals surface area contributed by atoms with Crippen molar-refractivity contribution in [3.05, 3.63) is 23.5 Å². The van der Waals surface area contributed by atoms with Gasteiger partial charge in [0.1, 0.15) is 5.82 Å². The number of halogens is 1. The Kier molecular flexibility index (Phi) is 4.93. The molecule has 0 aliphatic carbocycles. The standard InChI is InChI=1S/C13H19FN2O2S2/c1-9-6-11(14)12(15)7-13(9)20(17,18)16-8-10-2-4-19-5-3-10/h6-7,10,16H,2-5,8,15H2,1H3. The summed E-state index contributed by atoms with van der Waals surface area (Å²) in [5, 5.41) is 0. The lowest BCUT2D eigenvalue weighted by molar-refractivity contribution is 0.476. The van der Waals surface area contributed by atoms with Crippen LogP contribution in [0.2, 0.25) is 0 Å². The lowest BCUT2D eigenvalue weighted by Gasteiger charge is -2.21. The number of anilines is 1. The van der Waals surface area contributed by atoms with Gasteiger partial charge < -0.3 is 5.73 Å². The number of hydrogen-bond acceptors (Lipinski definition) is 4. The molecule has 1 aromatic carbocycles. The molecule has 0 spiro atoms. The van der Waals surface area contributed by atoms with Crippen molar-refractivity contribution in [1.29, 1.82) is 0 Å².